The van der Waals surface area contributed by atoms with Crippen LogP contribution < -0.4 is 10.7 Å². The lowest BCUT2D eigenvalue weighted by molar-refractivity contribution is 0.101. The largest absolute Gasteiger partial charge is 0.319 e. The standard InChI is InChI=1S/C14H17N3O/c1-15-9-8-12-6-2-3-7-13(12)14(18)16-17-10-4-5-11-17/h2-7,10-11,15H,8-9H2,1H3,(H,16,18). The van der Waals surface area contributed by atoms with Crippen molar-refractivity contribution >= 4 is 5.91 Å². The van der Waals surface area contributed by atoms with Crippen LogP contribution >= 0.6 is 0 Å². The summed E-state index contributed by atoms with van der Waals surface area (Å²) >= 11 is 0. The first-order valence-electron chi connectivity index (χ1n) is 5.98. The SMILES string of the molecule is CNCCc1ccccc1C(=O)Nn1cccc1. The average Bonchev–Trinajstić information content (AvgIpc) is 2.89. The lowest BCUT2D eigenvalue weighted by Gasteiger charge is -2.10. The van der Waals surface area contributed by atoms with Crippen molar-refractivity contribution in [1.29, 1.82) is 0 Å². The molecule has 4 heteroatoms. The molecule has 1 amide bonds. The van der Waals surface area contributed by atoms with E-state index < -0.39 is 0 Å². The molecule has 18 heavy (non-hydrogen) atoms. The Morgan fingerprint density at radius 1 is 1.17 bits per heavy atom. The summed E-state index contributed by atoms with van der Waals surface area (Å²) in [6.45, 7) is 0.855. The second kappa shape index (κ2) is 6.02. The molecule has 0 radical (unpaired) electrons. The Hall–Kier alpha value is -2.07. The van der Waals surface area contributed by atoms with E-state index in [9.17, 15) is 4.79 Å². The molecule has 0 fully saturated rings. The highest BCUT2D eigenvalue weighted by Gasteiger charge is 2.10. The second-order valence-corrected chi connectivity index (χ2v) is 4.04. The number of amides is 1. The van der Waals surface area contributed by atoms with E-state index >= 15 is 0 Å². The van der Waals surface area contributed by atoms with Gasteiger partial charge in [0.2, 0.25) is 0 Å². The van der Waals surface area contributed by atoms with E-state index in [1.54, 1.807) is 17.1 Å². The number of carbonyl (C=O) groups is 1. The number of rotatable bonds is 5. The van der Waals surface area contributed by atoms with Crippen molar-refractivity contribution in [3.05, 3.63) is 59.9 Å². The molecule has 1 aromatic heterocycles. The minimum absolute atomic E-state index is 0.0853. The van der Waals surface area contributed by atoms with Gasteiger partial charge in [-0.05, 0) is 43.8 Å². The van der Waals surface area contributed by atoms with E-state index in [2.05, 4.69) is 10.7 Å². The molecule has 1 aromatic carbocycles. The number of hydrogen-bond donors (Lipinski definition) is 2. The van der Waals surface area contributed by atoms with Gasteiger partial charge in [-0.25, -0.2) is 0 Å². The minimum Gasteiger partial charge on any atom is -0.319 e. The van der Waals surface area contributed by atoms with Crippen LogP contribution in [0, 0.1) is 0 Å². The second-order valence-electron chi connectivity index (χ2n) is 4.04. The van der Waals surface area contributed by atoms with Gasteiger partial charge in [-0.15, -0.1) is 0 Å². The molecule has 0 aliphatic rings. The van der Waals surface area contributed by atoms with Crippen molar-refractivity contribution in [2.24, 2.45) is 0 Å². The molecule has 0 spiro atoms. The quantitative estimate of drug-likeness (QED) is 0.838. The normalized spacial score (nSPS) is 10.3. The van der Waals surface area contributed by atoms with Crippen LogP contribution in [-0.4, -0.2) is 24.2 Å². The summed E-state index contributed by atoms with van der Waals surface area (Å²) in [5.41, 5.74) is 4.59. The van der Waals surface area contributed by atoms with Gasteiger partial charge in [-0.2, -0.15) is 0 Å². The van der Waals surface area contributed by atoms with Gasteiger partial charge in [0.1, 0.15) is 0 Å². The Kier molecular flexibility index (Phi) is 4.15. The summed E-state index contributed by atoms with van der Waals surface area (Å²) in [5.74, 6) is -0.0853. The van der Waals surface area contributed by atoms with E-state index in [0.717, 1.165) is 24.1 Å². The van der Waals surface area contributed by atoms with Gasteiger partial charge >= 0.3 is 0 Å². The number of aromatic nitrogens is 1. The van der Waals surface area contributed by atoms with Gasteiger partial charge in [0, 0.05) is 18.0 Å². The summed E-state index contributed by atoms with van der Waals surface area (Å²) in [7, 11) is 1.91. The van der Waals surface area contributed by atoms with Crippen molar-refractivity contribution in [1.82, 2.24) is 9.99 Å². The zero-order valence-corrected chi connectivity index (χ0v) is 10.4. The third-order valence-electron chi connectivity index (χ3n) is 2.74. The van der Waals surface area contributed by atoms with Crippen molar-refractivity contribution in [3.63, 3.8) is 0 Å². The highest BCUT2D eigenvalue weighted by Crippen LogP contribution is 2.09. The fraction of sp³-hybridized carbons (Fsp3) is 0.214. The van der Waals surface area contributed by atoms with Gasteiger partial charge in [-0.1, -0.05) is 18.2 Å². The predicted octanol–water partition coefficient (Wildman–Crippen LogP) is 1.63. The van der Waals surface area contributed by atoms with E-state index in [-0.39, 0.29) is 5.91 Å². The third kappa shape index (κ3) is 2.99. The number of carbonyl (C=O) groups excluding carboxylic acids is 1. The van der Waals surface area contributed by atoms with Crippen LogP contribution in [0.25, 0.3) is 0 Å². The van der Waals surface area contributed by atoms with Crippen LogP contribution in [-0.2, 0) is 6.42 Å². The van der Waals surface area contributed by atoms with Crippen LogP contribution in [0.5, 0.6) is 0 Å². The summed E-state index contributed by atoms with van der Waals surface area (Å²) < 4.78 is 1.65. The van der Waals surface area contributed by atoms with Crippen molar-refractivity contribution < 1.29 is 4.79 Å². The Balaban J connectivity index is 2.13. The third-order valence-corrected chi connectivity index (χ3v) is 2.74. The summed E-state index contributed by atoms with van der Waals surface area (Å²) in [6.07, 6.45) is 4.44. The summed E-state index contributed by atoms with van der Waals surface area (Å²) in [5, 5.41) is 3.09. The Labute approximate surface area is 107 Å². The highest BCUT2D eigenvalue weighted by atomic mass is 16.2. The lowest BCUT2D eigenvalue weighted by Crippen LogP contribution is -2.23. The summed E-state index contributed by atoms with van der Waals surface area (Å²) in [4.78, 5) is 12.1. The van der Waals surface area contributed by atoms with Gasteiger partial charge in [0.15, 0.2) is 0 Å². The molecule has 0 aliphatic carbocycles. The molecule has 0 saturated carbocycles. The van der Waals surface area contributed by atoms with Crippen molar-refractivity contribution in [2.75, 3.05) is 19.0 Å². The van der Waals surface area contributed by atoms with Crippen LogP contribution in [0.1, 0.15) is 15.9 Å². The van der Waals surface area contributed by atoms with Crippen LogP contribution in [0.3, 0.4) is 0 Å². The monoisotopic (exact) mass is 243 g/mol. The number of benzene rings is 1. The van der Waals surface area contributed by atoms with E-state index in [1.807, 2.05) is 43.4 Å². The van der Waals surface area contributed by atoms with Gasteiger partial charge < -0.3 is 5.32 Å². The van der Waals surface area contributed by atoms with Crippen molar-refractivity contribution in [3.8, 4) is 0 Å². The highest BCUT2D eigenvalue weighted by molar-refractivity contribution is 6.01. The van der Waals surface area contributed by atoms with Gasteiger partial charge in [0.25, 0.3) is 5.91 Å². The molecule has 2 aromatic rings. The Bertz CT molecular complexity index is 506. The minimum atomic E-state index is -0.0853. The number of nitrogens with one attached hydrogen (secondary N) is 2. The fourth-order valence-electron chi connectivity index (χ4n) is 1.81. The molecule has 0 bridgehead atoms. The first-order valence-corrected chi connectivity index (χ1v) is 5.98. The Morgan fingerprint density at radius 3 is 2.61 bits per heavy atom. The molecule has 0 saturated heterocycles. The van der Waals surface area contributed by atoms with E-state index in [1.165, 1.54) is 0 Å². The first kappa shape index (κ1) is 12.4. The molecule has 1 heterocycles. The zero-order valence-electron chi connectivity index (χ0n) is 10.4. The lowest BCUT2D eigenvalue weighted by atomic mass is 10.0. The fourth-order valence-corrected chi connectivity index (χ4v) is 1.81. The maximum atomic E-state index is 12.1. The van der Waals surface area contributed by atoms with Gasteiger partial charge in [-0.3, -0.25) is 14.9 Å². The van der Waals surface area contributed by atoms with Crippen LogP contribution in [0.15, 0.2) is 48.8 Å². The summed E-state index contributed by atoms with van der Waals surface area (Å²) in [6, 6.07) is 11.4. The molecular formula is C14H17N3O. The van der Waals surface area contributed by atoms with Crippen molar-refractivity contribution in [2.45, 2.75) is 6.42 Å². The molecule has 0 atom stereocenters. The van der Waals surface area contributed by atoms with Gasteiger partial charge in [0.05, 0.1) is 0 Å². The Morgan fingerprint density at radius 2 is 1.89 bits per heavy atom. The smallest absolute Gasteiger partial charge is 0.270 e. The molecule has 0 aliphatic heterocycles. The number of hydrogen-bond acceptors (Lipinski definition) is 2. The molecular weight excluding hydrogens is 226 g/mol. The first-order chi connectivity index (χ1) is 8.81. The van der Waals surface area contributed by atoms with Crippen LogP contribution in [0.2, 0.25) is 0 Å². The van der Waals surface area contributed by atoms with E-state index in [4.69, 9.17) is 0 Å². The molecule has 2 rings (SSSR count). The molecule has 4 nitrogen and oxygen atoms in total. The van der Waals surface area contributed by atoms with Crippen LogP contribution in [0.4, 0.5) is 0 Å². The average molecular weight is 243 g/mol. The molecule has 2 N–H and O–H groups in total. The zero-order chi connectivity index (χ0) is 12.8. The maximum absolute atomic E-state index is 12.1. The molecule has 94 valence electrons. The molecule has 0 unspecified atom stereocenters. The number of likely N-dealkylation sites (N-methyl/N-ethyl adjacent to an activating group) is 1. The topological polar surface area (TPSA) is 46.1 Å². The maximum Gasteiger partial charge on any atom is 0.270 e. The number of nitrogens with zero attached hydrogens (tertiary/aromatic N) is 1. The van der Waals surface area contributed by atoms with E-state index in [0.29, 0.717) is 0 Å². The predicted molar refractivity (Wildman–Crippen MR) is 72.2 cm³/mol.